The topological polar surface area (TPSA) is 55.1 Å². The molecule has 0 atom stereocenters. The highest BCUT2D eigenvalue weighted by atomic mass is 19.1. The lowest BCUT2D eigenvalue weighted by atomic mass is 10.4. The smallest absolute Gasteiger partial charge is 0.338 e. The highest BCUT2D eigenvalue weighted by Crippen LogP contribution is 2.44. The predicted octanol–water partition coefficient (Wildman–Crippen LogP) is 0.997. The lowest BCUT2D eigenvalue weighted by Gasteiger charge is -2.02. The van der Waals surface area contributed by atoms with Crippen LogP contribution in [0.15, 0.2) is 12.4 Å². The highest BCUT2D eigenvalue weighted by molar-refractivity contribution is 5.86. The fourth-order valence-electron chi connectivity index (χ4n) is 0.985. The largest absolute Gasteiger partial charge is 0.478 e. The molecule has 0 aromatic carbocycles. The zero-order chi connectivity index (χ0) is 8.77. The Balaban J connectivity index is 2.30. The van der Waals surface area contributed by atoms with Crippen LogP contribution in [0, 0.1) is 0 Å². The third-order valence-corrected chi connectivity index (χ3v) is 1.90. The Hall–Kier alpha value is -1.39. The summed E-state index contributed by atoms with van der Waals surface area (Å²) in [5, 5.41) is 12.1. The van der Waals surface area contributed by atoms with E-state index in [9.17, 15) is 9.18 Å². The van der Waals surface area contributed by atoms with Crippen LogP contribution in [0.2, 0.25) is 0 Å². The minimum atomic E-state index is -1.41. The molecule has 0 unspecified atom stereocenters. The summed E-state index contributed by atoms with van der Waals surface area (Å²) in [6.45, 7) is 0. The van der Waals surface area contributed by atoms with Crippen LogP contribution in [0.5, 0.6) is 0 Å². The normalized spacial score (nSPS) is 19.1. The van der Waals surface area contributed by atoms with Crippen LogP contribution < -0.4 is 0 Å². The molecule has 1 fully saturated rings. The number of halogens is 1. The third-order valence-electron chi connectivity index (χ3n) is 1.90. The molecular weight excluding hydrogens is 163 g/mol. The SMILES string of the molecule is O=C(O)c1cnn(C2(F)CC2)c1. The summed E-state index contributed by atoms with van der Waals surface area (Å²) in [6, 6.07) is 0. The van der Waals surface area contributed by atoms with Crippen molar-refractivity contribution in [3.05, 3.63) is 18.0 Å². The van der Waals surface area contributed by atoms with Crippen LogP contribution in [-0.2, 0) is 5.79 Å². The number of carboxylic acid groups (broad SMARTS) is 1. The van der Waals surface area contributed by atoms with E-state index in [-0.39, 0.29) is 5.56 Å². The summed E-state index contributed by atoms with van der Waals surface area (Å²) in [7, 11) is 0. The zero-order valence-corrected chi connectivity index (χ0v) is 6.20. The van der Waals surface area contributed by atoms with E-state index < -0.39 is 11.8 Å². The first-order chi connectivity index (χ1) is 5.62. The van der Waals surface area contributed by atoms with E-state index in [1.165, 1.54) is 6.20 Å². The Labute approximate surface area is 67.6 Å². The van der Waals surface area contributed by atoms with Crippen molar-refractivity contribution >= 4 is 5.97 Å². The summed E-state index contributed by atoms with van der Waals surface area (Å²) in [5.41, 5.74) is 0.0268. The Morgan fingerprint density at radius 1 is 1.75 bits per heavy atom. The van der Waals surface area contributed by atoms with E-state index >= 15 is 0 Å². The second-order valence-electron chi connectivity index (χ2n) is 2.90. The first kappa shape index (κ1) is 7.27. The molecular formula is C7H7FN2O2. The number of hydrogen-bond donors (Lipinski definition) is 1. The first-order valence-corrected chi connectivity index (χ1v) is 3.59. The van der Waals surface area contributed by atoms with Crippen LogP contribution >= 0.6 is 0 Å². The van der Waals surface area contributed by atoms with Gasteiger partial charge in [-0.1, -0.05) is 0 Å². The maximum absolute atomic E-state index is 13.2. The van der Waals surface area contributed by atoms with Gasteiger partial charge >= 0.3 is 5.97 Å². The van der Waals surface area contributed by atoms with Gasteiger partial charge in [-0.25, -0.2) is 13.9 Å². The molecule has 0 bridgehead atoms. The Kier molecular flexibility index (Phi) is 1.25. The number of aromatic nitrogens is 2. The maximum atomic E-state index is 13.2. The Morgan fingerprint density at radius 2 is 2.42 bits per heavy atom. The first-order valence-electron chi connectivity index (χ1n) is 3.59. The molecule has 1 aromatic heterocycles. The van der Waals surface area contributed by atoms with E-state index in [1.807, 2.05) is 0 Å². The maximum Gasteiger partial charge on any atom is 0.338 e. The van der Waals surface area contributed by atoms with Crippen molar-refractivity contribution in [3.63, 3.8) is 0 Å². The van der Waals surface area contributed by atoms with Gasteiger partial charge in [0.1, 0.15) is 0 Å². The molecule has 1 saturated carbocycles. The van der Waals surface area contributed by atoms with Gasteiger partial charge < -0.3 is 5.11 Å². The van der Waals surface area contributed by atoms with Crippen molar-refractivity contribution in [3.8, 4) is 0 Å². The summed E-state index contributed by atoms with van der Waals surface area (Å²) >= 11 is 0. The molecule has 2 rings (SSSR count). The number of alkyl halides is 1. The molecule has 1 aliphatic carbocycles. The van der Waals surface area contributed by atoms with Crippen molar-refractivity contribution < 1.29 is 14.3 Å². The van der Waals surface area contributed by atoms with Crippen LogP contribution in [0.3, 0.4) is 0 Å². The molecule has 4 nitrogen and oxygen atoms in total. The van der Waals surface area contributed by atoms with E-state index in [0.717, 1.165) is 10.9 Å². The van der Waals surface area contributed by atoms with Gasteiger partial charge in [-0.3, -0.25) is 0 Å². The standard InChI is InChI=1S/C7H7FN2O2/c8-7(1-2-7)10-4-5(3-9-10)6(11)12/h3-4H,1-2H2,(H,11,12). The molecule has 0 amide bonds. The molecule has 0 radical (unpaired) electrons. The fourth-order valence-corrected chi connectivity index (χ4v) is 0.985. The highest BCUT2D eigenvalue weighted by Gasteiger charge is 2.46. The molecule has 64 valence electrons. The second-order valence-corrected chi connectivity index (χ2v) is 2.90. The molecule has 0 aliphatic heterocycles. The lowest BCUT2D eigenvalue weighted by Crippen LogP contribution is -2.10. The van der Waals surface area contributed by atoms with Crippen molar-refractivity contribution in [1.29, 1.82) is 0 Å². The number of rotatable bonds is 2. The van der Waals surface area contributed by atoms with Gasteiger partial charge in [-0.15, -0.1) is 0 Å². The summed E-state index contributed by atoms with van der Waals surface area (Å²) in [4.78, 5) is 10.4. The van der Waals surface area contributed by atoms with Crippen molar-refractivity contribution in [2.75, 3.05) is 0 Å². The number of nitrogens with zero attached hydrogens (tertiary/aromatic N) is 2. The van der Waals surface area contributed by atoms with Crippen molar-refractivity contribution in [2.45, 2.75) is 18.6 Å². The van der Waals surface area contributed by atoms with E-state index in [4.69, 9.17) is 5.11 Å². The van der Waals surface area contributed by atoms with Gasteiger partial charge in [0.25, 0.3) is 0 Å². The molecule has 5 heteroatoms. The van der Waals surface area contributed by atoms with E-state index in [2.05, 4.69) is 5.10 Å². The minimum absolute atomic E-state index is 0.0268. The van der Waals surface area contributed by atoms with Gasteiger partial charge in [0, 0.05) is 19.0 Å². The average Bonchev–Trinajstić information content (AvgIpc) is 2.61. The summed E-state index contributed by atoms with van der Waals surface area (Å²) in [5.74, 6) is -2.49. The van der Waals surface area contributed by atoms with Crippen LogP contribution in [0.25, 0.3) is 0 Å². The predicted molar refractivity (Wildman–Crippen MR) is 37.5 cm³/mol. The number of aromatic carboxylic acids is 1. The van der Waals surface area contributed by atoms with Gasteiger partial charge in [0.2, 0.25) is 5.79 Å². The molecule has 0 spiro atoms. The van der Waals surface area contributed by atoms with Crippen LogP contribution in [0.4, 0.5) is 4.39 Å². The molecule has 1 aromatic rings. The summed E-state index contributed by atoms with van der Waals surface area (Å²) in [6.07, 6.45) is 3.22. The number of hydrogen-bond acceptors (Lipinski definition) is 2. The van der Waals surface area contributed by atoms with Crippen molar-refractivity contribution in [2.24, 2.45) is 0 Å². The zero-order valence-electron chi connectivity index (χ0n) is 6.20. The molecule has 1 N–H and O–H groups in total. The van der Waals surface area contributed by atoms with E-state index in [1.54, 1.807) is 0 Å². The minimum Gasteiger partial charge on any atom is -0.478 e. The molecule has 12 heavy (non-hydrogen) atoms. The van der Waals surface area contributed by atoms with Crippen LogP contribution in [-0.4, -0.2) is 20.9 Å². The Morgan fingerprint density at radius 3 is 2.83 bits per heavy atom. The number of carbonyl (C=O) groups is 1. The Bertz CT molecular complexity index is 330. The number of carboxylic acids is 1. The van der Waals surface area contributed by atoms with Gasteiger partial charge in [0.15, 0.2) is 0 Å². The van der Waals surface area contributed by atoms with Gasteiger partial charge in [0.05, 0.1) is 11.8 Å². The van der Waals surface area contributed by atoms with Gasteiger partial charge in [-0.2, -0.15) is 5.10 Å². The molecule has 1 heterocycles. The monoisotopic (exact) mass is 170 g/mol. The quantitative estimate of drug-likeness (QED) is 0.720. The molecule has 1 aliphatic rings. The fraction of sp³-hybridized carbons (Fsp3) is 0.429. The molecule has 0 saturated heterocycles. The van der Waals surface area contributed by atoms with E-state index in [0.29, 0.717) is 12.8 Å². The second kappa shape index (κ2) is 2.06. The lowest BCUT2D eigenvalue weighted by molar-refractivity contribution is 0.0696. The van der Waals surface area contributed by atoms with Crippen LogP contribution in [0.1, 0.15) is 23.2 Å². The van der Waals surface area contributed by atoms with Crippen molar-refractivity contribution in [1.82, 2.24) is 9.78 Å². The van der Waals surface area contributed by atoms with Gasteiger partial charge in [-0.05, 0) is 0 Å². The average molecular weight is 170 g/mol. The summed E-state index contributed by atoms with van der Waals surface area (Å²) < 4.78 is 14.3. The third kappa shape index (κ3) is 0.975.